The molecule has 0 nitrogen and oxygen atoms in total. The van der Waals surface area contributed by atoms with Gasteiger partial charge in [-0.2, -0.15) is 0 Å². The van der Waals surface area contributed by atoms with Crippen LogP contribution in [0, 0.1) is 3.57 Å². The lowest BCUT2D eigenvalue weighted by Gasteiger charge is -2.41. The third kappa shape index (κ3) is 4.52. The normalized spacial score (nSPS) is 14.3. The molecule has 0 heterocycles. The standard InChI is InChI=1S/C22H37I/c1-19(2,3)14-13-15(23)17(21(7,8)9)18(22(10,11)12)16(14)20(4,5)6/h13H,1-12H3. The van der Waals surface area contributed by atoms with Gasteiger partial charge in [0.1, 0.15) is 0 Å². The molecule has 0 amide bonds. The zero-order valence-corrected chi connectivity index (χ0v) is 19.6. The van der Waals surface area contributed by atoms with Gasteiger partial charge in [-0.25, -0.2) is 0 Å². The third-order valence-electron chi connectivity index (χ3n) is 4.34. The molecular weight excluding hydrogens is 391 g/mol. The number of rotatable bonds is 0. The Hall–Kier alpha value is -0.0500. The summed E-state index contributed by atoms with van der Waals surface area (Å²) in [6.07, 6.45) is 0. The van der Waals surface area contributed by atoms with Crippen molar-refractivity contribution in [3.05, 3.63) is 31.9 Å². The second-order valence-electron chi connectivity index (χ2n) is 11.0. The van der Waals surface area contributed by atoms with E-state index in [2.05, 4.69) is 112 Å². The van der Waals surface area contributed by atoms with E-state index in [1.807, 2.05) is 0 Å². The molecule has 1 rings (SSSR count). The summed E-state index contributed by atoms with van der Waals surface area (Å²) in [5.74, 6) is 0. The molecule has 132 valence electrons. The van der Waals surface area contributed by atoms with E-state index in [0.29, 0.717) is 0 Å². The van der Waals surface area contributed by atoms with Crippen LogP contribution in [0.5, 0.6) is 0 Å². The van der Waals surface area contributed by atoms with Crippen LogP contribution in [0.2, 0.25) is 0 Å². The lowest BCUT2D eigenvalue weighted by atomic mass is 9.64. The van der Waals surface area contributed by atoms with Crippen molar-refractivity contribution in [1.82, 2.24) is 0 Å². The molecular formula is C22H37I. The summed E-state index contributed by atoms with van der Waals surface area (Å²) in [6.45, 7) is 28.3. The van der Waals surface area contributed by atoms with Crippen molar-refractivity contribution in [2.45, 2.75) is 105 Å². The Morgan fingerprint density at radius 3 is 1.13 bits per heavy atom. The third-order valence-corrected chi connectivity index (χ3v) is 5.19. The van der Waals surface area contributed by atoms with E-state index in [1.54, 1.807) is 11.1 Å². The number of hydrogen-bond donors (Lipinski definition) is 0. The summed E-state index contributed by atoms with van der Waals surface area (Å²) >= 11 is 2.56. The smallest absolute Gasteiger partial charge is 0.0173 e. The van der Waals surface area contributed by atoms with E-state index in [0.717, 1.165) is 0 Å². The predicted octanol–water partition coefficient (Wildman–Crippen LogP) is 7.48. The van der Waals surface area contributed by atoms with Crippen molar-refractivity contribution in [2.24, 2.45) is 0 Å². The largest absolute Gasteiger partial charge is 0.0561 e. The maximum absolute atomic E-state index is 2.56. The monoisotopic (exact) mass is 428 g/mol. The SMILES string of the molecule is CC(C)(C)c1cc(I)c(C(C)(C)C)c(C(C)(C)C)c1C(C)(C)C. The van der Waals surface area contributed by atoms with Gasteiger partial charge in [-0.1, -0.05) is 83.1 Å². The molecule has 0 saturated heterocycles. The van der Waals surface area contributed by atoms with Crippen LogP contribution in [0.1, 0.15) is 105 Å². The maximum atomic E-state index is 2.56. The van der Waals surface area contributed by atoms with Crippen molar-refractivity contribution in [2.75, 3.05) is 0 Å². The van der Waals surface area contributed by atoms with Gasteiger partial charge in [-0.15, -0.1) is 0 Å². The molecule has 0 aliphatic heterocycles. The number of hydrogen-bond acceptors (Lipinski definition) is 0. The summed E-state index contributed by atoms with van der Waals surface area (Å²) < 4.78 is 1.41. The summed E-state index contributed by atoms with van der Waals surface area (Å²) in [7, 11) is 0. The molecule has 0 aliphatic carbocycles. The van der Waals surface area contributed by atoms with Crippen LogP contribution in [-0.2, 0) is 21.7 Å². The van der Waals surface area contributed by atoms with E-state index in [1.165, 1.54) is 14.7 Å². The summed E-state index contributed by atoms with van der Waals surface area (Å²) in [6, 6.07) is 2.46. The van der Waals surface area contributed by atoms with Crippen LogP contribution in [0.25, 0.3) is 0 Å². The van der Waals surface area contributed by atoms with Crippen molar-refractivity contribution >= 4 is 22.6 Å². The Kier molecular flexibility index (Phi) is 5.51. The molecule has 1 aromatic carbocycles. The molecule has 0 bridgehead atoms. The summed E-state index contributed by atoms with van der Waals surface area (Å²) in [5, 5.41) is 0. The van der Waals surface area contributed by atoms with Crippen LogP contribution < -0.4 is 0 Å². The first-order valence-electron chi connectivity index (χ1n) is 8.77. The van der Waals surface area contributed by atoms with Crippen molar-refractivity contribution in [3.8, 4) is 0 Å². The van der Waals surface area contributed by atoms with E-state index in [4.69, 9.17) is 0 Å². The Labute approximate surface area is 159 Å². The Morgan fingerprint density at radius 1 is 0.522 bits per heavy atom. The first-order chi connectivity index (χ1) is 9.88. The number of benzene rings is 1. The Bertz CT molecular complexity index is 579. The Morgan fingerprint density at radius 2 is 0.870 bits per heavy atom. The molecule has 0 aliphatic rings. The minimum atomic E-state index is 0.131. The minimum absolute atomic E-state index is 0.131. The maximum Gasteiger partial charge on any atom is 0.0173 e. The van der Waals surface area contributed by atoms with Crippen molar-refractivity contribution in [1.29, 1.82) is 0 Å². The predicted molar refractivity (Wildman–Crippen MR) is 114 cm³/mol. The zero-order chi connectivity index (χ0) is 18.6. The number of halogens is 1. The van der Waals surface area contributed by atoms with Crippen molar-refractivity contribution < 1.29 is 0 Å². The zero-order valence-electron chi connectivity index (χ0n) is 17.5. The van der Waals surface area contributed by atoms with E-state index in [-0.39, 0.29) is 21.7 Å². The molecule has 23 heavy (non-hydrogen) atoms. The van der Waals surface area contributed by atoms with E-state index < -0.39 is 0 Å². The molecule has 0 aromatic heterocycles. The second kappa shape index (κ2) is 6.04. The van der Waals surface area contributed by atoms with Crippen LogP contribution in [0.15, 0.2) is 6.07 Å². The molecule has 1 heteroatoms. The van der Waals surface area contributed by atoms with Gasteiger partial charge in [0.05, 0.1) is 0 Å². The Balaban J connectivity index is 4.18. The van der Waals surface area contributed by atoms with Crippen LogP contribution in [0.3, 0.4) is 0 Å². The quantitative estimate of drug-likeness (QED) is 0.376. The minimum Gasteiger partial charge on any atom is -0.0561 e. The molecule has 0 saturated carbocycles. The lowest BCUT2D eigenvalue weighted by Crippen LogP contribution is -2.33. The highest BCUT2D eigenvalue weighted by Gasteiger charge is 2.37. The first-order valence-corrected chi connectivity index (χ1v) is 9.85. The van der Waals surface area contributed by atoms with Gasteiger partial charge in [0.2, 0.25) is 0 Å². The molecule has 0 unspecified atom stereocenters. The summed E-state index contributed by atoms with van der Waals surface area (Å²) in [5.41, 5.74) is 6.73. The highest BCUT2D eigenvalue weighted by atomic mass is 127. The average molecular weight is 428 g/mol. The van der Waals surface area contributed by atoms with Gasteiger partial charge >= 0.3 is 0 Å². The first kappa shape index (κ1) is 21.0. The van der Waals surface area contributed by atoms with Gasteiger partial charge in [0.25, 0.3) is 0 Å². The van der Waals surface area contributed by atoms with Crippen LogP contribution in [0.4, 0.5) is 0 Å². The lowest BCUT2D eigenvalue weighted by molar-refractivity contribution is 0.475. The highest BCUT2D eigenvalue weighted by Crippen LogP contribution is 2.47. The molecule has 0 radical (unpaired) electrons. The molecule has 0 spiro atoms. The fourth-order valence-corrected chi connectivity index (χ4v) is 4.89. The second-order valence-corrected chi connectivity index (χ2v) is 12.2. The fourth-order valence-electron chi connectivity index (χ4n) is 3.50. The molecule has 0 atom stereocenters. The molecule has 0 N–H and O–H groups in total. The van der Waals surface area contributed by atoms with Crippen LogP contribution in [-0.4, -0.2) is 0 Å². The molecule has 0 fully saturated rings. The topological polar surface area (TPSA) is 0 Å². The van der Waals surface area contributed by atoms with Gasteiger partial charge < -0.3 is 0 Å². The fraction of sp³-hybridized carbons (Fsp3) is 0.727. The van der Waals surface area contributed by atoms with E-state index >= 15 is 0 Å². The van der Waals surface area contributed by atoms with Gasteiger partial charge in [0, 0.05) is 3.57 Å². The van der Waals surface area contributed by atoms with Crippen molar-refractivity contribution in [3.63, 3.8) is 0 Å². The summed E-state index contributed by atoms with van der Waals surface area (Å²) in [4.78, 5) is 0. The van der Waals surface area contributed by atoms with Crippen LogP contribution >= 0.6 is 22.6 Å². The van der Waals surface area contributed by atoms with Gasteiger partial charge in [-0.05, 0) is 72.6 Å². The molecule has 1 aromatic rings. The average Bonchev–Trinajstić information content (AvgIpc) is 2.21. The highest BCUT2D eigenvalue weighted by molar-refractivity contribution is 14.1. The van der Waals surface area contributed by atoms with Gasteiger partial charge in [-0.3, -0.25) is 0 Å². The van der Waals surface area contributed by atoms with Gasteiger partial charge in [0.15, 0.2) is 0 Å². The van der Waals surface area contributed by atoms with E-state index in [9.17, 15) is 0 Å².